The summed E-state index contributed by atoms with van der Waals surface area (Å²) >= 11 is 0. The van der Waals surface area contributed by atoms with Gasteiger partial charge in [0.15, 0.2) is 0 Å². The highest BCUT2D eigenvalue weighted by atomic mass is 16.1. The van der Waals surface area contributed by atoms with Crippen molar-refractivity contribution < 1.29 is 0 Å². The van der Waals surface area contributed by atoms with Gasteiger partial charge in [-0.1, -0.05) is 37.3 Å². The summed E-state index contributed by atoms with van der Waals surface area (Å²) in [5.41, 5.74) is 1.43. The van der Waals surface area contributed by atoms with Crippen LogP contribution in [0, 0.1) is 0 Å². The summed E-state index contributed by atoms with van der Waals surface area (Å²) in [4.78, 5) is 20.8. The maximum atomic E-state index is 12.0. The third kappa shape index (κ3) is 2.14. The summed E-state index contributed by atoms with van der Waals surface area (Å²) < 4.78 is 1.39. The average Bonchev–Trinajstić information content (AvgIpc) is 2.83. The molecule has 0 spiro atoms. The summed E-state index contributed by atoms with van der Waals surface area (Å²) in [6.07, 6.45) is 1.78. The van der Waals surface area contributed by atoms with Crippen LogP contribution in [0.1, 0.15) is 19.2 Å². The molecule has 0 unspecified atom stereocenters. The van der Waals surface area contributed by atoms with E-state index in [0.29, 0.717) is 11.5 Å². The van der Waals surface area contributed by atoms with Gasteiger partial charge in [-0.2, -0.15) is 9.50 Å². The minimum atomic E-state index is -0.140. The van der Waals surface area contributed by atoms with Gasteiger partial charge in [0.05, 0.1) is 5.69 Å². The highest BCUT2D eigenvalue weighted by Crippen LogP contribution is 2.14. The van der Waals surface area contributed by atoms with E-state index in [4.69, 9.17) is 0 Å². The van der Waals surface area contributed by atoms with E-state index in [9.17, 15) is 4.79 Å². The molecule has 0 fully saturated rings. The standard InChI is InChI=1S/C14H14N4O/c1-2-6-12-16-14-15-11(9-13(19)18(14)17-12)10-7-4-3-5-8-10/h3-5,7-9H,2,6H2,1H3,(H,15,16,17). The summed E-state index contributed by atoms with van der Waals surface area (Å²) in [5, 5.41) is 2.97. The smallest absolute Gasteiger partial charge is 0.274 e. The lowest BCUT2D eigenvalue weighted by atomic mass is 10.1. The first-order valence-corrected chi connectivity index (χ1v) is 6.32. The summed E-state index contributed by atoms with van der Waals surface area (Å²) in [6, 6.07) is 11.2. The normalized spacial score (nSPS) is 11.0. The predicted molar refractivity (Wildman–Crippen MR) is 73.0 cm³/mol. The minimum absolute atomic E-state index is 0.140. The van der Waals surface area contributed by atoms with E-state index in [1.165, 1.54) is 10.6 Å². The van der Waals surface area contributed by atoms with Crippen LogP contribution in [-0.2, 0) is 6.42 Å². The van der Waals surface area contributed by atoms with Crippen molar-refractivity contribution in [3.05, 3.63) is 52.6 Å². The zero-order valence-electron chi connectivity index (χ0n) is 10.6. The van der Waals surface area contributed by atoms with Gasteiger partial charge in [-0.15, -0.1) is 0 Å². The molecule has 1 N–H and O–H groups in total. The lowest BCUT2D eigenvalue weighted by molar-refractivity contribution is 0.806. The molecule has 0 aliphatic heterocycles. The van der Waals surface area contributed by atoms with E-state index in [0.717, 1.165) is 24.2 Å². The number of fused-ring (bicyclic) bond motifs is 1. The van der Waals surface area contributed by atoms with Crippen molar-refractivity contribution in [2.24, 2.45) is 0 Å². The molecule has 0 radical (unpaired) electrons. The Bertz CT molecular complexity index is 758. The number of hydrogen-bond acceptors (Lipinski definition) is 3. The Hall–Kier alpha value is -2.43. The van der Waals surface area contributed by atoms with Crippen LogP contribution in [0.4, 0.5) is 0 Å². The number of aromatic nitrogens is 4. The Kier molecular flexibility index (Phi) is 2.87. The molecule has 0 saturated heterocycles. The van der Waals surface area contributed by atoms with E-state index in [-0.39, 0.29) is 5.56 Å². The molecule has 2 aromatic heterocycles. The van der Waals surface area contributed by atoms with Crippen molar-refractivity contribution in [1.82, 2.24) is 19.6 Å². The predicted octanol–water partition coefficient (Wildman–Crippen LogP) is 2.04. The Morgan fingerprint density at radius 3 is 2.74 bits per heavy atom. The van der Waals surface area contributed by atoms with Crippen LogP contribution in [0.3, 0.4) is 0 Å². The molecule has 0 saturated carbocycles. The molecule has 96 valence electrons. The molecule has 0 aliphatic carbocycles. The van der Waals surface area contributed by atoms with Crippen LogP contribution in [0.15, 0.2) is 41.2 Å². The molecule has 0 aliphatic rings. The van der Waals surface area contributed by atoms with Crippen LogP contribution in [0.25, 0.3) is 17.0 Å². The van der Waals surface area contributed by atoms with Gasteiger partial charge in [0.25, 0.3) is 11.3 Å². The van der Waals surface area contributed by atoms with Crippen LogP contribution in [-0.4, -0.2) is 19.6 Å². The molecular weight excluding hydrogens is 240 g/mol. The number of H-pyrrole nitrogens is 1. The van der Waals surface area contributed by atoms with Gasteiger partial charge < -0.3 is 0 Å². The van der Waals surface area contributed by atoms with Gasteiger partial charge in [-0.05, 0) is 6.42 Å². The van der Waals surface area contributed by atoms with E-state index in [2.05, 4.69) is 22.0 Å². The third-order valence-corrected chi connectivity index (χ3v) is 2.93. The van der Waals surface area contributed by atoms with E-state index >= 15 is 0 Å². The largest absolute Gasteiger partial charge is 0.275 e. The number of aryl methyl sites for hydroxylation is 1. The average molecular weight is 254 g/mol. The van der Waals surface area contributed by atoms with Crippen molar-refractivity contribution in [3.8, 4) is 11.3 Å². The van der Waals surface area contributed by atoms with Gasteiger partial charge in [0.1, 0.15) is 5.82 Å². The van der Waals surface area contributed by atoms with E-state index in [1.807, 2.05) is 30.3 Å². The molecular formula is C14H14N4O. The second-order valence-corrected chi connectivity index (χ2v) is 4.40. The second-order valence-electron chi connectivity index (χ2n) is 4.40. The SMILES string of the molecule is CCCc1nc2nc(-c3ccccc3)cc(=O)n2[nH]1. The third-order valence-electron chi connectivity index (χ3n) is 2.93. The summed E-state index contributed by atoms with van der Waals surface area (Å²) in [6.45, 7) is 2.07. The Balaban J connectivity index is 2.16. The Morgan fingerprint density at radius 2 is 2.00 bits per heavy atom. The summed E-state index contributed by atoms with van der Waals surface area (Å²) in [7, 11) is 0. The first-order chi connectivity index (χ1) is 9.28. The number of hydrogen-bond donors (Lipinski definition) is 1. The molecule has 1 aromatic carbocycles. The molecule has 5 heteroatoms. The topological polar surface area (TPSA) is 63.1 Å². The first kappa shape index (κ1) is 11.6. The molecule has 5 nitrogen and oxygen atoms in total. The van der Waals surface area contributed by atoms with Gasteiger partial charge in [0, 0.05) is 18.1 Å². The lowest BCUT2D eigenvalue weighted by Crippen LogP contribution is -2.14. The molecule has 0 amide bonds. The fourth-order valence-corrected chi connectivity index (χ4v) is 2.03. The van der Waals surface area contributed by atoms with Gasteiger partial charge in [-0.3, -0.25) is 9.89 Å². The van der Waals surface area contributed by atoms with Crippen molar-refractivity contribution in [3.63, 3.8) is 0 Å². The van der Waals surface area contributed by atoms with E-state index < -0.39 is 0 Å². The van der Waals surface area contributed by atoms with Crippen LogP contribution in [0.5, 0.6) is 0 Å². The van der Waals surface area contributed by atoms with Crippen molar-refractivity contribution in [2.75, 3.05) is 0 Å². The molecule has 2 heterocycles. The Morgan fingerprint density at radius 1 is 1.21 bits per heavy atom. The monoisotopic (exact) mass is 254 g/mol. The molecule has 3 rings (SSSR count). The maximum Gasteiger partial charge on any atom is 0.274 e. The number of nitrogens with one attached hydrogen (secondary N) is 1. The van der Waals surface area contributed by atoms with Gasteiger partial charge in [0.2, 0.25) is 0 Å². The van der Waals surface area contributed by atoms with Crippen LogP contribution in [0.2, 0.25) is 0 Å². The highest BCUT2D eigenvalue weighted by molar-refractivity contribution is 5.60. The van der Waals surface area contributed by atoms with Crippen molar-refractivity contribution in [1.29, 1.82) is 0 Å². The van der Waals surface area contributed by atoms with Crippen molar-refractivity contribution >= 4 is 5.78 Å². The highest BCUT2D eigenvalue weighted by Gasteiger charge is 2.08. The molecule has 0 bridgehead atoms. The zero-order valence-corrected chi connectivity index (χ0v) is 10.6. The lowest BCUT2D eigenvalue weighted by Gasteiger charge is -1.99. The Labute approximate surface area is 109 Å². The number of nitrogens with zero attached hydrogens (tertiary/aromatic N) is 3. The zero-order chi connectivity index (χ0) is 13.2. The molecule has 19 heavy (non-hydrogen) atoms. The summed E-state index contributed by atoms with van der Waals surface area (Å²) in [5.74, 6) is 1.21. The number of aromatic amines is 1. The fourth-order valence-electron chi connectivity index (χ4n) is 2.03. The van der Waals surface area contributed by atoms with Crippen LogP contribution < -0.4 is 5.56 Å². The minimum Gasteiger partial charge on any atom is -0.275 e. The van der Waals surface area contributed by atoms with Crippen LogP contribution >= 0.6 is 0 Å². The van der Waals surface area contributed by atoms with Gasteiger partial charge in [-0.25, -0.2) is 4.98 Å². The number of rotatable bonds is 3. The molecule has 3 aromatic rings. The molecule has 0 atom stereocenters. The van der Waals surface area contributed by atoms with Crippen molar-refractivity contribution in [2.45, 2.75) is 19.8 Å². The number of benzene rings is 1. The van der Waals surface area contributed by atoms with Gasteiger partial charge >= 0.3 is 0 Å². The quantitative estimate of drug-likeness (QED) is 0.778. The van der Waals surface area contributed by atoms with E-state index in [1.54, 1.807) is 0 Å². The second kappa shape index (κ2) is 4.68. The first-order valence-electron chi connectivity index (χ1n) is 6.32. The maximum absolute atomic E-state index is 12.0. The fraction of sp³-hybridized carbons (Fsp3) is 0.214.